The Balaban J connectivity index is 2.26. The smallest absolute Gasteiger partial charge is 0.243 e. The van der Waals surface area contributed by atoms with Crippen molar-refractivity contribution in [3.63, 3.8) is 0 Å². The summed E-state index contributed by atoms with van der Waals surface area (Å²) < 4.78 is 27.0. The molecule has 1 unspecified atom stereocenters. The van der Waals surface area contributed by atoms with Crippen LogP contribution in [0.15, 0.2) is 53.6 Å². The second kappa shape index (κ2) is 5.69. The first-order valence-corrected chi connectivity index (χ1v) is 7.54. The van der Waals surface area contributed by atoms with Gasteiger partial charge in [-0.05, 0) is 24.6 Å². The fourth-order valence-electron chi connectivity index (χ4n) is 1.68. The Bertz CT molecular complexity index is 659. The van der Waals surface area contributed by atoms with Crippen LogP contribution in [0.25, 0.3) is 0 Å². The highest BCUT2D eigenvalue weighted by Crippen LogP contribution is 2.21. The van der Waals surface area contributed by atoms with Crippen LogP contribution in [0.2, 0.25) is 5.15 Å². The van der Waals surface area contributed by atoms with Crippen molar-refractivity contribution in [1.29, 1.82) is 0 Å². The van der Waals surface area contributed by atoms with Crippen LogP contribution in [-0.4, -0.2) is 13.4 Å². The molecule has 1 atom stereocenters. The van der Waals surface area contributed by atoms with Gasteiger partial charge in [0.1, 0.15) is 10.0 Å². The summed E-state index contributed by atoms with van der Waals surface area (Å²) >= 11 is 5.81. The van der Waals surface area contributed by atoms with Crippen molar-refractivity contribution < 1.29 is 8.42 Å². The molecule has 0 radical (unpaired) electrons. The van der Waals surface area contributed by atoms with Gasteiger partial charge in [0.25, 0.3) is 0 Å². The van der Waals surface area contributed by atoms with E-state index in [1.165, 1.54) is 18.3 Å². The van der Waals surface area contributed by atoms with Crippen LogP contribution >= 0.6 is 11.6 Å². The largest absolute Gasteiger partial charge is 0.244 e. The number of aromatic nitrogens is 1. The molecule has 0 bridgehead atoms. The van der Waals surface area contributed by atoms with Gasteiger partial charge in [0, 0.05) is 12.2 Å². The van der Waals surface area contributed by atoms with E-state index in [4.69, 9.17) is 11.6 Å². The molecule has 1 N–H and O–H groups in total. The molecule has 0 aliphatic carbocycles. The maximum atomic E-state index is 12.2. The van der Waals surface area contributed by atoms with Crippen LogP contribution in [0.3, 0.4) is 0 Å². The average molecular weight is 297 g/mol. The number of sulfonamides is 1. The van der Waals surface area contributed by atoms with Gasteiger partial charge < -0.3 is 0 Å². The van der Waals surface area contributed by atoms with Crippen LogP contribution in [0.4, 0.5) is 0 Å². The third-order valence-electron chi connectivity index (χ3n) is 2.65. The van der Waals surface area contributed by atoms with Crippen LogP contribution in [0, 0.1) is 0 Å². The van der Waals surface area contributed by atoms with Crippen LogP contribution in [0.1, 0.15) is 18.5 Å². The Morgan fingerprint density at radius 1 is 1.16 bits per heavy atom. The van der Waals surface area contributed by atoms with E-state index >= 15 is 0 Å². The third kappa shape index (κ3) is 3.32. The van der Waals surface area contributed by atoms with E-state index in [0.29, 0.717) is 0 Å². The van der Waals surface area contributed by atoms with Gasteiger partial charge in [-0.3, -0.25) is 0 Å². The fraction of sp³-hybridized carbons (Fsp3) is 0.154. The molecule has 2 aromatic rings. The molecule has 1 heterocycles. The summed E-state index contributed by atoms with van der Waals surface area (Å²) in [7, 11) is -3.68. The van der Waals surface area contributed by atoms with Crippen molar-refractivity contribution in [3.8, 4) is 0 Å². The van der Waals surface area contributed by atoms with Crippen molar-refractivity contribution in [2.45, 2.75) is 17.9 Å². The number of benzene rings is 1. The molecular weight excluding hydrogens is 284 g/mol. The normalized spacial score (nSPS) is 13.2. The molecule has 0 fully saturated rings. The van der Waals surface area contributed by atoms with E-state index in [-0.39, 0.29) is 16.1 Å². The van der Waals surface area contributed by atoms with Crippen LogP contribution in [0.5, 0.6) is 0 Å². The van der Waals surface area contributed by atoms with Gasteiger partial charge >= 0.3 is 0 Å². The van der Waals surface area contributed by atoms with Gasteiger partial charge in [-0.15, -0.1) is 0 Å². The van der Waals surface area contributed by atoms with Gasteiger partial charge in [-0.2, -0.15) is 0 Å². The zero-order valence-corrected chi connectivity index (χ0v) is 11.8. The van der Waals surface area contributed by atoms with Crippen molar-refractivity contribution in [2.24, 2.45) is 0 Å². The first-order chi connectivity index (χ1) is 9.00. The summed E-state index contributed by atoms with van der Waals surface area (Å²) in [6.45, 7) is 1.77. The van der Waals surface area contributed by atoms with Crippen LogP contribution in [-0.2, 0) is 10.0 Å². The molecule has 0 saturated carbocycles. The van der Waals surface area contributed by atoms with Gasteiger partial charge in [0.2, 0.25) is 10.0 Å². The standard InChI is InChI=1S/C13H13ClN2O2S/c1-10(11-6-3-2-4-7-11)16-19(17,18)12-8-5-9-15-13(12)14/h2-10,16H,1H3. The summed E-state index contributed by atoms with van der Waals surface area (Å²) in [5.74, 6) is 0. The molecule has 6 heteroatoms. The lowest BCUT2D eigenvalue weighted by atomic mass is 10.1. The Morgan fingerprint density at radius 2 is 1.84 bits per heavy atom. The lowest BCUT2D eigenvalue weighted by molar-refractivity contribution is 0.566. The highest BCUT2D eigenvalue weighted by atomic mass is 35.5. The topological polar surface area (TPSA) is 59.1 Å². The zero-order valence-electron chi connectivity index (χ0n) is 10.2. The zero-order chi connectivity index (χ0) is 13.9. The number of halogens is 1. The molecule has 0 saturated heterocycles. The van der Waals surface area contributed by atoms with Gasteiger partial charge in [0.15, 0.2) is 0 Å². The highest BCUT2D eigenvalue weighted by molar-refractivity contribution is 7.89. The predicted molar refractivity (Wildman–Crippen MR) is 74.4 cm³/mol. The van der Waals surface area contributed by atoms with Gasteiger partial charge in [0.05, 0.1) is 0 Å². The lowest BCUT2D eigenvalue weighted by Gasteiger charge is -2.14. The Hall–Kier alpha value is -1.43. The first-order valence-electron chi connectivity index (χ1n) is 5.68. The summed E-state index contributed by atoms with van der Waals surface area (Å²) in [6, 6.07) is 11.9. The number of hydrogen-bond acceptors (Lipinski definition) is 3. The molecule has 0 aliphatic rings. The van der Waals surface area contributed by atoms with Crippen LogP contribution < -0.4 is 4.72 Å². The molecule has 1 aromatic carbocycles. The second-order valence-electron chi connectivity index (χ2n) is 4.05. The molecule has 1 aromatic heterocycles. The molecule has 0 amide bonds. The van der Waals surface area contributed by atoms with E-state index in [9.17, 15) is 8.42 Å². The molecular formula is C13H13ClN2O2S. The lowest BCUT2D eigenvalue weighted by Crippen LogP contribution is -2.27. The number of nitrogens with zero attached hydrogens (tertiary/aromatic N) is 1. The summed E-state index contributed by atoms with van der Waals surface area (Å²) in [6.07, 6.45) is 1.45. The summed E-state index contributed by atoms with van der Waals surface area (Å²) in [5, 5.41) is -0.0322. The van der Waals surface area contributed by atoms with E-state index in [2.05, 4.69) is 9.71 Å². The van der Waals surface area contributed by atoms with Crippen molar-refractivity contribution in [2.75, 3.05) is 0 Å². The molecule has 0 spiro atoms. The average Bonchev–Trinajstić information content (AvgIpc) is 2.39. The molecule has 100 valence electrons. The quantitative estimate of drug-likeness (QED) is 0.883. The number of rotatable bonds is 4. The SMILES string of the molecule is CC(NS(=O)(=O)c1cccnc1Cl)c1ccccc1. The number of pyridine rings is 1. The van der Waals surface area contributed by atoms with E-state index in [1.807, 2.05) is 30.3 Å². The highest BCUT2D eigenvalue weighted by Gasteiger charge is 2.21. The minimum absolute atomic E-state index is 0.0144. The van der Waals surface area contributed by atoms with Gasteiger partial charge in [-0.25, -0.2) is 18.1 Å². The van der Waals surface area contributed by atoms with E-state index in [0.717, 1.165) is 5.56 Å². The maximum absolute atomic E-state index is 12.2. The number of nitrogens with one attached hydrogen (secondary N) is 1. The van der Waals surface area contributed by atoms with Gasteiger partial charge in [-0.1, -0.05) is 41.9 Å². The van der Waals surface area contributed by atoms with Crippen molar-refractivity contribution in [3.05, 3.63) is 59.4 Å². The number of hydrogen-bond donors (Lipinski definition) is 1. The molecule has 2 rings (SSSR count). The minimum atomic E-state index is -3.68. The summed E-state index contributed by atoms with van der Waals surface area (Å²) in [5.41, 5.74) is 0.881. The Labute approximate surface area is 117 Å². The van der Waals surface area contributed by atoms with Crippen molar-refractivity contribution in [1.82, 2.24) is 9.71 Å². The summed E-state index contributed by atoms with van der Waals surface area (Å²) in [4.78, 5) is 3.76. The molecule has 19 heavy (non-hydrogen) atoms. The maximum Gasteiger partial charge on any atom is 0.244 e. The van der Waals surface area contributed by atoms with E-state index in [1.54, 1.807) is 6.92 Å². The minimum Gasteiger partial charge on any atom is -0.243 e. The molecule has 0 aliphatic heterocycles. The Morgan fingerprint density at radius 3 is 2.47 bits per heavy atom. The second-order valence-corrected chi connectivity index (χ2v) is 6.09. The molecule has 4 nitrogen and oxygen atoms in total. The van der Waals surface area contributed by atoms with Crippen molar-refractivity contribution >= 4 is 21.6 Å². The fourth-order valence-corrected chi connectivity index (χ4v) is 3.36. The predicted octanol–water partition coefficient (Wildman–Crippen LogP) is 2.77. The first kappa shape index (κ1) is 14.0. The monoisotopic (exact) mass is 296 g/mol. The third-order valence-corrected chi connectivity index (χ3v) is 4.63. The van der Waals surface area contributed by atoms with E-state index < -0.39 is 10.0 Å². The Kier molecular flexibility index (Phi) is 4.19.